The molecule has 3 rings (SSSR count). The Morgan fingerprint density at radius 3 is 2.78 bits per heavy atom. The fraction of sp³-hybridized carbons (Fsp3) is 0.250. The van der Waals surface area contributed by atoms with Crippen LogP contribution in [0.4, 0.5) is 5.95 Å². The van der Waals surface area contributed by atoms with Gasteiger partial charge in [-0.2, -0.15) is 15.0 Å². The largest absolute Gasteiger partial charge is 0.424 e. The van der Waals surface area contributed by atoms with Crippen LogP contribution in [0.25, 0.3) is 0 Å². The quantitative estimate of drug-likeness (QED) is 0.899. The summed E-state index contributed by atoms with van der Waals surface area (Å²) >= 11 is 5.69. The third-order valence-electron chi connectivity index (χ3n) is 2.88. The van der Waals surface area contributed by atoms with Crippen molar-refractivity contribution in [3.63, 3.8) is 0 Å². The van der Waals surface area contributed by atoms with E-state index in [-0.39, 0.29) is 17.2 Å². The van der Waals surface area contributed by atoms with Gasteiger partial charge in [-0.05, 0) is 54.1 Å². The smallest absolute Gasteiger partial charge is 0.328 e. The van der Waals surface area contributed by atoms with E-state index in [0.717, 1.165) is 12.8 Å². The van der Waals surface area contributed by atoms with Gasteiger partial charge in [0.15, 0.2) is 0 Å². The van der Waals surface area contributed by atoms with Crippen molar-refractivity contribution in [1.82, 2.24) is 15.0 Å². The van der Waals surface area contributed by atoms with E-state index in [1.54, 1.807) is 0 Å². The highest BCUT2D eigenvalue weighted by molar-refractivity contribution is 6.28. The van der Waals surface area contributed by atoms with E-state index in [2.05, 4.69) is 21.0 Å². The van der Waals surface area contributed by atoms with E-state index >= 15 is 0 Å². The molecule has 1 aliphatic carbocycles. The average molecular weight is 263 g/mol. The van der Waals surface area contributed by atoms with Gasteiger partial charge in [-0.25, -0.2) is 0 Å². The highest BCUT2D eigenvalue weighted by Gasteiger charge is 2.12. The number of nitrogens with two attached hydrogens (primary N) is 1. The molecule has 1 heterocycles. The zero-order chi connectivity index (χ0) is 12.5. The van der Waals surface area contributed by atoms with Crippen molar-refractivity contribution in [2.75, 3.05) is 5.73 Å². The molecule has 0 aliphatic heterocycles. The molecule has 0 radical (unpaired) electrons. The summed E-state index contributed by atoms with van der Waals surface area (Å²) in [4.78, 5) is 11.4. The minimum Gasteiger partial charge on any atom is -0.424 e. The van der Waals surface area contributed by atoms with E-state index in [0.29, 0.717) is 5.75 Å². The molecule has 0 fully saturated rings. The van der Waals surface area contributed by atoms with Crippen molar-refractivity contribution in [1.29, 1.82) is 0 Å². The van der Waals surface area contributed by atoms with Crippen LogP contribution < -0.4 is 10.5 Å². The molecule has 0 amide bonds. The SMILES string of the molecule is Nc1nc(Cl)nc(Oc2ccc3c(c2)CCC3)n1. The second kappa shape index (κ2) is 4.42. The summed E-state index contributed by atoms with van der Waals surface area (Å²) in [5.41, 5.74) is 8.18. The van der Waals surface area contributed by atoms with Gasteiger partial charge in [0.25, 0.3) is 0 Å². The van der Waals surface area contributed by atoms with Gasteiger partial charge in [0.05, 0.1) is 0 Å². The lowest BCUT2D eigenvalue weighted by Crippen LogP contribution is -2.00. The number of rotatable bonds is 2. The first-order valence-electron chi connectivity index (χ1n) is 5.67. The molecule has 0 atom stereocenters. The van der Waals surface area contributed by atoms with Gasteiger partial charge in [-0.3, -0.25) is 0 Å². The Kier molecular flexibility index (Phi) is 2.76. The first kappa shape index (κ1) is 11.2. The Hall–Kier alpha value is -1.88. The van der Waals surface area contributed by atoms with Crippen LogP contribution in [-0.2, 0) is 12.8 Å². The molecule has 92 valence electrons. The van der Waals surface area contributed by atoms with Crippen LogP contribution in [0.5, 0.6) is 11.8 Å². The van der Waals surface area contributed by atoms with Crippen molar-refractivity contribution >= 4 is 17.5 Å². The molecule has 18 heavy (non-hydrogen) atoms. The molecule has 1 aliphatic rings. The standard InChI is InChI=1S/C12H11ClN4O/c13-10-15-11(14)17-12(16-10)18-9-5-4-7-2-1-3-8(7)6-9/h4-6H,1-3H2,(H2,14,15,16,17). The molecule has 1 aromatic carbocycles. The molecular weight excluding hydrogens is 252 g/mol. The number of fused-ring (bicyclic) bond motifs is 1. The van der Waals surface area contributed by atoms with Crippen molar-refractivity contribution in [3.05, 3.63) is 34.6 Å². The van der Waals surface area contributed by atoms with Crippen LogP contribution in [-0.4, -0.2) is 15.0 Å². The van der Waals surface area contributed by atoms with Gasteiger partial charge >= 0.3 is 6.01 Å². The zero-order valence-corrected chi connectivity index (χ0v) is 10.3. The first-order chi connectivity index (χ1) is 8.70. The number of nitrogens with zero attached hydrogens (tertiary/aromatic N) is 3. The van der Waals surface area contributed by atoms with Crippen LogP contribution in [0.3, 0.4) is 0 Å². The van der Waals surface area contributed by atoms with Crippen LogP contribution in [0.2, 0.25) is 5.28 Å². The normalized spacial score (nSPS) is 13.4. The predicted molar refractivity (Wildman–Crippen MR) is 67.8 cm³/mol. The average Bonchev–Trinajstić information content (AvgIpc) is 2.74. The fourth-order valence-corrected chi connectivity index (χ4v) is 2.27. The maximum atomic E-state index is 5.69. The van der Waals surface area contributed by atoms with Gasteiger partial charge in [-0.15, -0.1) is 0 Å². The number of ether oxygens (including phenoxy) is 1. The number of hydrogen-bond acceptors (Lipinski definition) is 5. The second-order valence-electron chi connectivity index (χ2n) is 4.13. The van der Waals surface area contributed by atoms with Crippen molar-refractivity contribution < 1.29 is 4.74 Å². The Morgan fingerprint density at radius 2 is 1.94 bits per heavy atom. The molecule has 0 saturated carbocycles. The van der Waals surface area contributed by atoms with Crippen molar-refractivity contribution in [2.45, 2.75) is 19.3 Å². The lowest BCUT2D eigenvalue weighted by Gasteiger charge is -2.06. The van der Waals surface area contributed by atoms with Gasteiger partial charge < -0.3 is 10.5 Å². The van der Waals surface area contributed by atoms with E-state index in [1.807, 2.05) is 12.1 Å². The molecule has 0 spiro atoms. The molecule has 6 heteroatoms. The molecular formula is C12H11ClN4O. The summed E-state index contributed by atoms with van der Waals surface area (Å²) in [5.74, 6) is 0.739. The van der Waals surface area contributed by atoms with E-state index in [9.17, 15) is 0 Å². The maximum absolute atomic E-state index is 5.69. The molecule has 0 bridgehead atoms. The molecule has 0 saturated heterocycles. The van der Waals surface area contributed by atoms with E-state index in [4.69, 9.17) is 22.1 Å². The lowest BCUT2D eigenvalue weighted by molar-refractivity contribution is 0.440. The molecule has 5 nitrogen and oxygen atoms in total. The number of aryl methyl sites for hydroxylation is 2. The van der Waals surface area contributed by atoms with E-state index in [1.165, 1.54) is 17.5 Å². The van der Waals surface area contributed by atoms with Crippen LogP contribution in [0, 0.1) is 0 Å². The van der Waals surface area contributed by atoms with Gasteiger partial charge in [0.2, 0.25) is 11.2 Å². The van der Waals surface area contributed by atoms with Crippen LogP contribution >= 0.6 is 11.6 Å². The lowest BCUT2D eigenvalue weighted by atomic mass is 10.1. The third kappa shape index (κ3) is 2.22. The minimum atomic E-state index is 0.0265. The third-order valence-corrected chi connectivity index (χ3v) is 3.05. The summed E-state index contributed by atoms with van der Waals surface area (Å²) in [6, 6.07) is 6.10. The summed E-state index contributed by atoms with van der Waals surface area (Å²) < 4.78 is 5.54. The summed E-state index contributed by atoms with van der Waals surface area (Å²) in [6.07, 6.45) is 3.43. The predicted octanol–water partition coefficient (Wildman–Crippen LogP) is 2.39. The van der Waals surface area contributed by atoms with Gasteiger partial charge in [0, 0.05) is 0 Å². The highest BCUT2D eigenvalue weighted by Crippen LogP contribution is 2.28. The maximum Gasteiger partial charge on any atom is 0.328 e. The monoisotopic (exact) mass is 262 g/mol. The van der Waals surface area contributed by atoms with Crippen LogP contribution in [0.1, 0.15) is 17.5 Å². The highest BCUT2D eigenvalue weighted by atomic mass is 35.5. The molecule has 2 aromatic rings. The number of anilines is 1. The van der Waals surface area contributed by atoms with Crippen molar-refractivity contribution in [2.24, 2.45) is 0 Å². The fourth-order valence-electron chi connectivity index (χ4n) is 2.11. The Balaban J connectivity index is 1.88. The number of benzene rings is 1. The molecule has 0 unspecified atom stereocenters. The minimum absolute atomic E-state index is 0.0265. The Morgan fingerprint density at radius 1 is 1.11 bits per heavy atom. The Bertz CT molecular complexity index is 582. The Labute approximate surface area is 109 Å². The van der Waals surface area contributed by atoms with Crippen molar-refractivity contribution in [3.8, 4) is 11.8 Å². The summed E-state index contributed by atoms with van der Waals surface area (Å²) in [7, 11) is 0. The topological polar surface area (TPSA) is 73.9 Å². The van der Waals surface area contributed by atoms with Crippen LogP contribution in [0.15, 0.2) is 18.2 Å². The number of aromatic nitrogens is 3. The van der Waals surface area contributed by atoms with Gasteiger partial charge in [-0.1, -0.05) is 6.07 Å². The van der Waals surface area contributed by atoms with Gasteiger partial charge in [0.1, 0.15) is 5.75 Å². The summed E-state index contributed by atoms with van der Waals surface area (Å²) in [5, 5.41) is 0.0265. The number of hydrogen-bond donors (Lipinski definition) is 1. The number of nitrogen functional groups attached to an aromatic ring is 1. The first-order valence-corrected chi connectivity index (χ1v) is 6.05. The molecule has 2 N–H and O–H groups in total. The summed E-state index contributed by atoms with van der Waals surface area (Å²) in [6.45, 7) is 0. The van der Waals surface area contributed by atoms with E-state index < -0.39 is 0 Å². The number of halogens is 1. The zero-order valence-electron chi connectivity index (χ0n) is 9.56. The second-order valence-corrected chi connectivity index (χ2v) is 4.47. The molecule has 1 aromatic heterocycles.